The van der Waals surface area contributed by atoms with Crippen molar-refractivity contribution in [3.05, 3.63) is 47.5 Å². The number of benzene rings is 2. The average Bonchev–Trinajstić information content (AvgIpc) is 2.69. The van der Waals surface area contributed by atoms with Gasteiger partial charge in [-0.2, -0.15) is 0 Å². The minimum Gasteiger partial charge on any atom is -0.453 e. The molecule has 0 bridgehead atoms. The van der Waals surface area contributed by atoms with Gasteiger partial charge in [0, 0.05) is 6.54 Å². The zero-order chi connectivity index (χ0) is 21.4. The molecule has 1 heterocycles. The maximum Gasteiger partial charge on any atom is 0.151 e. The highest BCUT2D eigenvalue weighted by atomic mass is 16.5. The van der Waals surface area contributed by atoms with Crippen LogP contribution in [0.1, 0.15) is 85.8 Å². The molecule has 0 unspecified atom stereocenters. The Balaban J connectivity index is 2.08. The van der Waals surface area contributed by atoms with Gasteiger partial charge in [0.2, 0.25) is 0 Å². The third-order valence-electron chi connectivity index (χ3n) is 6.98. The molecule has 29 heavy (non-hydrogen) atoms. The Kier molecular flexibility index (Phi) is 6.03. The van der Waals surface area contributed by atoms with E-state index in [2.05, 4.69) is 96.7 Å². The van der Waals surface area contributed by atoms with Gasteiger partial charge in [0.25, 0.3) is 0 Å². The van der Waals surface area contributed by atoms with E-state index in [9.17, 15) is 0 Å². The van der Waals surface area contributed by atoms with Gasteiger partial charge in [-0.25, -0.2) is 0 Å². The predicted octanol–water partition coefficient (Wildman–Crippen LogP) is 8.35. The first-order valence-corrected chi connectivity index (χ1v) is 11.3. The minimum atomic E-state index is 0.146. The molecule has 158 valence electrons. The molecular weight excluding hydrogens is 354 g/mol. The average molecular weight is 394 g/mol. The number of ether oxygens (including phenoxy) is 1. The number of fused-ring (bicyclic) bond motifs is 2. The number of hydrogen-bond acceptors (Lipinski definition) is 2. The van der Waals surface area contributed by atoms with Gasteiger partial charge in [0.15, 0.2) is 11.5 Å². The summed E-state index contributed by atoms with van der Waals surface area (Å²) in [7, 11) is 0. The fourth-order valence-electron chi connectivity index (χ4n) is 3.76. The molecule has 0 aliphatic carbocycles. The number of rotatable bonds is 7. The van der Waals surface area contributed by atoms with E-state index >= 15 is 0 Å². The number of nitrogens with zero attached hydrogens (tertiary/aromatic N) is 1. The topological polar surface area (TPSA) is 12.5 Å². The first kappa shape index (κ1) is 21.7. The molecule has 0 N–H and O–H groups in total. The SMILES string of the molecule is CCC(C)(C)c1ccc2c(c1)Oc1cc(C(C)(C)CC)ccc1N2CCC(C)C. The van der Waals surface area contributed by atoms with Crippen LogP contribution in [0, 0.1) is 5.92 Å². The summed E-state index contributed by atoms with van der Waals surface area (Å²) in [5.41, 5.74) is 5.36. The van der Waals surface area contributed by atoms with Crippen LogP contribution in [-0.2, 0) is 10.8 Å². The molecule has 3 rings (SSSR count). The maximum atomic E-state index is 6.53. The Bertz CT molecular complexity index is 797. The summed E-state index contributed by atoms with van der Waals surface area (Å²) in [6.07, 6.45) is 3.37. The lowest BCUT2D eigenvalue weighted by Crippen LogP contribution is -2.25. The summed E-state index contributed by atoms with van der Waals surface area (Å²) in [5.74, 6) is 2.65. The predicted molar refractivity (Wildman–Crippen MR) is 126 cm³/mol. The first-order chi connectivity index (χ1) is 13.6. The van der Waals surface area contributed by atoms with E-state index < -0.39 is 0 Å². The Morgan fingerprint density at radius 3 is 1.62 bits per heavy atom. The number of anilines is 2. The van der Waals surface area contributed by atoms with Crippen LogP contribution in [0.2, 0.25) is 0 Å². The molecule has 0 aromatic heterocycles. The standard InChI is InChI=1S/C27H39NO/c1-9-26(5,6)20-11-13-22-24(17-20)29-25-18-21(27(7,8)10-2)12-14-23(25)28(22)16-15-19(3)4/h11-14,17-19H,9-10,15-16H2,1-8H3. The van der Waals surface area contributed by atoms with E-state index in [0.717, 1.165) is 37.3 Å². The monoisotopic (exact) mass is 393 g/mol. The molecular formula is C27H39NO. The van der Waals surface area contributed by atoms with Crippen molar-refractivity contribution < 1.29 is 4.74 Å². The molecule has 0 spiro atoms. The lowest BCUT2D eigenvalue weighted by molar-refractivity contribution is 0.454. The highest BCUT2D eigenvalue weighted by Crippen LogP contribution is 2.49. The molecule has 0 fully saturated rings. The summed E-state index contributed by atoms with van der Waals surface area (Å²) in [6, 6.07) is 13.6. The molecule has 2 aromatic carbocycles. The highest BCUT2D eigenvalue weighted by molar-refractivity contribution is 5.78. The lowest BCUT2D eigenvalue weighted by Gasteiger charge is -2.36. The summed E-state index contributed by atoms with van der Waals surface area (Å²) >= 11 is 0. The summed E-state index contributed by atoms with van der Waals surface area (Å²) in [4.78, 5) is 2.46. The molecule has 2 nitrogen and oxygen atoms in total. The van der Waals surface area contributed by atoms with Gasteiger partial charge in [-0.1, -0.05) is 67.5 Å². The van der Waals surface area contributed by atoms with E-state index in [1.165, 1.54) is 22.5 Å². The van der Waals surface area contributed by atoms with Crippen molar-refractivity contribution in [2.75, 3.05) is 11.4 Å². The van der Waals surface area contributed by atoms with Crippen molar-refractivity contribution in [3.8, 4) is 11.5 Å². The third kappa shape index (κ3) is 4.32. The van der Waals surface area contributed by atoms with Crippen molar-refractivity contribution >= 4 is 11.4 Å². The second-order valence-corrected chi connectivity index (χ2v) is 10.3. The fraction of sp³-hybridized carbons (Fsp3) is 0.556. The molecule has 2 heteroatoms. The zero-order valence-corrected chi connectivity index (χ0v) is 19.7. The molecule has 0 radical (unpaired) electrons. The Labute approximate surface area is 178 Å². The van der Waals surface area contributed by atoms with E-state index in [0.29, 0.717) is 5.92 Å². The fourth-order valence-corrected chi connectivity index (χ4v) is 3.76. The van der Waals surface area contributed by atoms with Crippen LogP contribution in [0.3, 0.4) is 0 Å². The van der Waals surface area contributed by atoms with Crippen LogP contribution in [0.25, 0.3) is 0 Å². The zero-order valence-electron chi connectivity index (χ0n) is 19.7. The van der Waals surface area contributed by atoms with Gasteiger partial charge in [0.1, 0.15) is 0 Å². The second kappa shape index (κ2) is 8.05. The quantitative estimate of drug-likeness (QED) is 0.468. The highest BCUT2D eigenvalue weighted by Gasteiger charge is 2.29. The molecule has 0 saturated heterocycles. The third-order valence-corrected chi connectivity index (χ3v) is 6.98. The summed E-state index contributed by atoms with van der Waals surface area (Å²) < 4.78 is 6.53. The largest absolute Gasteiger partial charge is 0.453 e. The van der Waals surface area contributed by atoms with Crippen LogP contribution >= 0.6 is 0 Å². The summed E-state index contributed by atoms with van der Waals surface area (Å²) in [5, 5.41) is 0. The van der Waals surface area contributed by atoms with Crippen molar-refractivity contribution in [1.82, 2.24) is 0 Å². The Hall–Kier alpha value is -1.96. The van der Waals surface area contributed by atoms with Crippen LogP contribution in [-0.4, -0.2) is 6.54 Å². The van der Waals surface area contributed by atoms with Crippen molar-refractivity contribution in [2.45, 2.75) is 85.5 Å². The molecule has 0 amide bonds. The van der Waals surface area contributed by atoms with Crippen LogP contribution in [0.4, 0.5) is 11.4 Å². The molecule has 0 atom stereocenters. The van der Waals surface area contributed by atoms with Crippen molar-refractivity contribution in [2.24, 2.45) is 5.92 Å². The Morgan fingerprint density at radius 1 is 0.793 bits per heavy atom. The molecule has 1 aliphatic heterocycles. The number of hydrogen-bond donors (Lipinski definition) is 0. The van der Waals surface area contributed by atoms with Crippen molar-refractivity contribution in [1.29, 1.82) is 0 Å². The van der Waals surface area contributed by atoms with Gasteiger partial charge in [0.05, 0.1) is 11.4 Å². The smallest absolute Gasteiger partial charge is 0.151 e. The van der Waals surface area contributed by atoms with E-state index in [4.69, 9.17) is 4.74 Å². The van der Waals surface area contributed by atoms with Gasteiger partial charge in [-0.05, 0) is 71.4 Å². The molecule has 1 aliphatic rings. The van der Waals surface area contributed by atoms with Gasteiger partial charge in [-0.3, -0.25) is 0 Å². The summed E-state index contributed by atoms with van der Waals surface area (Å²) in [6.45, 7) is 19.3. The van der Waals surface area contributed by atoms with Crippen LogP contribution in [0.5, 0.6) is 11.5 Å². The van der Waals surface area contributed by atoms with Gasteiger partial charge in [-0.15, -0.1) is 0 Å². The van der Waals surface area contributed by atoms with E-state index in [-0.39, 0.29) is 10.8 Å². The molecule has 2 aromatic rings. The normalized spacial score (nSPS) is 13.9. The minimum absolute atomic E-state index is 0.146. The van der Waals surface area contributed by atoms with Gasteiger partial charge < -0.3 is 9.64 Å². The second-order valence-electron chi connectivity index (χ2n) is 10.3. The molecule has 0 saturated carbocycles. The van der Waals surface area contributed by atoms with Gasteiger partial charge >= 0.3 is 0 Å². The van der Waals surface area contributed by atoms with Crippen molar-refractivity contribution in [3.63, 3.8) is 0 Å². The first-order valence-electron chi connectivity index (χ1n) is 11.3. The Morgan fingerprint density at radius 2 is 1.24 bits per heavy atom. The maximum absolute atomic E-state index is 6.53. The van der Waals surface area contributed by atoms with E-state index in [1.807, 2.05) is 0 Å². The van der Waals surface area contributed by atoms with Crippen LogP contribution < -0.4 is 9.64 Å². The lowest BCUT2D eigenvalue weighted by atomic mass is 9.81. The van der Waals surface area contributed by atoms with E-state index in [1.54, 1.807) is 0 Å². The van der Waals surface area contributed by atoms with Crippen LogP contribution in [0.15, 0.2) is 36.4 Å².